The lowest BCUT2D eigenvalue weighted by atomic mass is 9.85. The number of carbonyl (C=O) groups excluding carboxylic acids is 1. The van der Waals surface area contributed by atoms with E-state index in [1.54, 1.807) is 44.3 Å². The number of carboxylic acid groups (broad SMARTS) is 1. The number of hydrogen-bond donors (Lipinski definition) is 3. The van der Waals surface area contributed by atoms with Crippen LogP contribution in [0.25, 0.3) is 0 Å². The van der Waals surface area contributed by atoms with Gasteiger partial charge in [-0.05, 0) is 76.7 Å². The highest BCUT2D eigenvalue weighted by atomic mass is 16.4. The fourth-order valence-electron chi connectivity index (χ4n) is 4.48. The van der Waals surface area contributed by atoms with E-state index < -0.39 is 17.3 Å². The summed E-state index contributed by atoms with van der Waals surface area (Å²) in [5.74, 6) is -0.971. The molecule has 0 unspecified atom stereocenters. The van der Waals surface area contributed by atoms with Gasteiger partial charge < -0.3 is 21.1 Å². The molecule has 1 aliphatic carbocycles. The van der Waals surface area contributed by atoms with Crippen LogP contribution in [-0.4, -0.2) is 50.8 Å². The zero-order valence-corrected chi connectivity index (χ0v) is 19.2. The molecule has 1 saturated carbocycles. The van der Waals surface area contributed by atoms with E-state index in [9.17, 15) is 14.7 Å². The van der Waals surface area contributed by atoms with Crippen LogP contribution in [0.5, 0.6) is 0 Å². The number of nitrogens with two attached hydrogens (primary N) is 1. The Morgan fingerprint density at radius 2 is 1.70 bits per heavy atom. The predicted molar refractivity (Wildman–Crippen MR) is 125 cm³/mol. The van der Waals surface area contributed by atoms with E-state index in [1.807, 2.05) is 4.68 Å². The Bertz CT molecular complexity index is 999. The number of primary amides is 1. The topological polar surface area (TPSA) is 137 Å². The van der Waals surface area contributed by atoms with Crippen LogP contribution in [0.1, 0.15) is 67.9 Å². The molecule has 2 heterocycles. The maximum absolute atomic E-state index is 12.0. The molecule has 4 N–H and O–H groups in total. The van der Waals surface area contributed by atoms with Crippen LogP contribution in [0.4, 0.5) is 11.5 Å². The minimum absolute atomic E-state index is 0.268. The number of nitrogens with zero attached hydrogens (tertiary/aromatic N) is 4. The third-order valence-electron chi connectivity index (χ3n) is 6.85. The Balaban J connectivity index is 0.00000149. The normalized spacial score (nSPS) is 20.7. The van der Waals surface area contributed by atoms with Gasteiger partial charge in [0.25, 0.3) is 5.91 Å². The van der Waals surface area contributed by atoms with Crippen LogP contribution in [0.3, 0.4) is 0 Å². The standard InChI is InChI=1S/C23H31N5O3.CHN/c1-23(2,22(30)31)15-4-6-16(7-5-15)25-21-19(20(24)29)14-28(26-21)18-10-8-17(9-11-18)27-12-3-13-27;1-2/h4-7,14,17-18H,3,8-13H2,1-2H3,(H2,24,29)(H,25,26)(H,30,31);1H. The number of aliphatic carboxylic acids is 1. The van der Waals surface area contributed by atoms with Crippen LogP contribution in [-0.2, 0) is 10.2 Å². The number of nitrogens with one attached hydrogen (secondary N) is 1. The summed E-state index contributed by atoms with van der Waals surface area (Å²) in [6.45, 7) is 9.28. The summed E-state index contributed by atoms with van der Waals surface area (Å²) in [5.41, 5.74) is 6.41. The van der Waals surface area contributed by atoms with E-state index in [-0.39, 0.29) is 6.04 Å². The molecule has 0 radical (unpaired) electrons. The second-order valence-corrected chi connectivity index (χ2v) is 9.22. The number of carboxylic acids is 1. The smallest absolute Gasteiger partial charge is 0.313 e. The van der Waals surface area contributed by atoms with Crippen molar-refractivity contribution in [1.82, 2.24) is 14.7 Å². The number of nitriles is 1. The van der Waals surface area contributed by atoms with E-state index in [1.165, 1.54) is 19.5 Å². The van der Waals surface area contributed by atoms with Crippen molar-refractivity contribution in [2.24, 2.45) is 5.73 Å². The van der Waals surface area contributed by atoms with Crippen LogP contribution < -0.4 is 11.1 Å². The number of aromatic nitrogens is 2. The summed E-state index contributed by atoms with van der Waals surface area (Å²) in [4.78, 5) is 26.0. The maximum Gasteiger partial charge on any atom is 0.313 e. The van der Waals surface area contributed by atoms with Gasteiger partial charge in [-0.2, -0.15) is 5.10 Å². The monoisotopic (exact) mass is 452 g/mol. The van der Waals surface area contributed by atoms with Crippen LogP contribution in [0.15, 0.2) is 30.5 Å². The zero-order valence-electron chi connectivity index (χ0n) is 19.2. The first kappa shape index (κ1) is 24.3. The molecule has 9 nitrogen and oxygen atoms in total. The number of likely N-dealkylation sites (tertiary alicyclic amines) is 1. The van der Waals surface area contributed by atoms with Crippen molar-refractivity contribution in [2.75, 3.05) is 18.4 Å². The molecule has 2 aromatic rings. The first-order valence-corrected chi connectivity index (χ1v) is 11.3. The third kappa shape index (κ3) is 5.17. The molecule has 0 atom stereocenters. The quantitative estimate of drug-likeness (QED) is 0.585. The first-order chi connectivity index (χ1) is 15.8. The van der Waals surface area contributed by atoms with Gasteiger partial charge in [-0.1, -0.05) is 12.1 Å². The molecule has 1 aromatic carbocycles. The molecule has 0 spiro atoms. The van der Waals surface area contributed by atoms with E-state index in [2.05, 4.69) is 21.9 Å². The van der Waals surface area contributed by atoms with Crippen molar-refractivity contribution >= 4 is 23.4 Å². The average molecular weight is 453 g/mol. The average Bonchev–Trinajstić information content (AvgIpc) is 3.19. The zero-order chi connectivity index (χ0) is 24.2. The van der Waals surface area contributed by atoms with Gasteiger partial charge in [0.05, 0.1) is 11.5 Å². The second kappa shape index (κ2) is 10.0. The fraction of sp³-hybridized carbons (Fsp3) is 0.500. The molecule has 1 aliphatic heterocycles. The van der Waals surface area contributed by atoms with Gasteiger partial charge in [0.15, 0.2) is 5.82 Å². The molecule has 4 rings (SSSR count). The summed E-state index contributed by atoms with van der Waals surface area (Å²) in [5, 5.41) is 23.7. The fourth-order valence-corrected chi connectivity index (χ4v) is 4.48. The Morgan fingerprint density at radius 1 is 1.12 bits per heavy atom. The van der Waals surface area contributed by atoms with Crippen LogP contribution in [0, 0.1) is 11.8 Å². The van der Waals surface area contributed by atoms with Crippen LogP contribution in [0.2, 0.25) is 0 Å². The number of amides is 1. The number of rotatable bonds is 7. The molecule has 2 aliphatic rings. The molecule has 2 fully saturated rings. The summed E-state index contributed by atoms with van der Waals surface area (Å²) in [7, 11) is 0. The van der Waals surface area contributed by atoms with Crippen molar-refractivity contribution in [1.29, 1.82) is 5.26 Å². The Morgan fingerprint density at radius 3 is 2.18 bits per heavy atom. The largest absolute Gasteiger partial charge is 0.481 e. The van der Waals surface area contributed by atoms with E-state index in [0.717, 1.165) is 31.4 Å². The van der Waals surface area contributed by atoms with Crippen LogP contribution >= 0.6 is 0 Å². The number of benzene rings is 1. The van der Waals surface area contributed by atoms with E-state index in [0.29, 0.717) is 23.0 Å². The highest BCUT2D eigenvalue weighted by Crippen LogP contribution is 2.34. The number of carbonyl (C=O) groups is 2. The lowest BCUT2D eigenvalue weighted by Crippen LogP contribution is -2.46. The third-order valence-corrected chi connectivity index (χ3v) is 6.85. The van der Waals surface area contributed by atoms with Gasteiger partial charge in [-0.25, -0.2) is 5.26 Å². The van der Waals surface area contributed by atoms with Gasteiger partial charge in [0.1, 0.15) is 5.56 Å². The van der Waals surface area contributed by atoms with Gasteiger partial charge in [-0.3, -0.25) is 14.3 Å². The SMILES string of the molecule is C#N.CC(C)(C(=O)O)c1ccc(Nc2nn(C3CCC(N4CCC4)CC3)cc2C(N)=O)cc1. The van der Waals surface area contributed by atoms with Gasteiger partial charge >= 0.3 is 5.97 Å². The minimum atomic E-state index is -0.979. The summed E-state index contributed by atoms with van der Waals surface area (Å²) >= 11 is 0. The molecule has 33 heavy (non-hydrogen) atoms. The molecule has 9 heteroatoms. The van der Waals surface area contributed by atoms with Crippen molar-refractivity contribution < 1.29 is 14.7 Å². The molecule has 176 valence electrons. The highest BCUT2D eigenvalue weighted by molar-refractivity contribution is 5.98. The Labute approximate surface area is 194 Å². The molecule has 1 saturated heterocycles. The first-order valence-electron chi connectivity index (χ1n) is 11.3. The summed E-state index contributed by atoms with van der Waals surface area (Å²) < 4.78 is 1.89. The van der Waals surface area contributed by atoms with Gasteiger partial charge in [0, 0.05) is 24.5 Å². The summed E-state index contributed by atoms with van der Waals surface area (Å²) in [6, 6.07) is 8.08. The minimum Gasteiger partial charge on any atom is -0.481 e. The molecule has 1 amide bonds. The molecular weight excluding hydrogens is 420 g/mol. The lowest BCUT2D eigenvalue weighted by Gasteiger charge is -2.42. The Kier molecular flexibility index (Phi) is 7.39. The van der Waals surface area contributed by atoms with Crippen molar-refractivity contribution in [3.05, 3.63) is 41.6 Å². The molecular formula is C24H32N6O3. The summed E-state index contributed by atoms with van der Waals surface area (Å²) in [6.07, 6.45) is 7.45. The van der Waals surface area contributed by atoms with Gasteiger partial charge in [0.2, 0.25) is 0 Å². The highest BCUT2D eigenvalue weighted by Gasteiger charge is 2.31. The number of hydrogen-bond acceptors (Lipinski definition) is 6. The lowest BCUT2D eigenvalue weighted by molar-refractivity contribution is -0.142. The van der Waals surface area contributed by atoms with Crippen molar-refractivity contribution in [2.45, 2.75) is 63.5 Å². The molecule has 1 aromatic heterocycles. The number of anilines is 2. The predicted octanol–water partition coefficient (Wildman–Crippen LogP) is 3.42. The van der Waals surface area contributed by atoms with Gasteiger partial charge in [-0.15, -0.1) is 0 Å². The Hall–Kier alpha value is -3.38. The second-order valence-electron chi connectivity index (χ2n) is 9.22. The van der Waals surface area contributed by atoms with Crippen molar-refractivity contribution in [3.8, 4) is 6.57 Å². The van der Waals surface area contributed by atoms with E-state index >= 15 is 0 Å². The maximum atomic E-state index is 12.0. The van der Waals surface area contributed by atoms with E-state index in [4.69, 9.17) is 11.0 Å². The van der Waals surface area contributed by atoms with Crippen molar-refractivity contribution in [3.63, 3.8) is 0 Å². The molecule has 0 bridgehead atoms.